The summed E-state index contributed by atoms with van der Waals surface area (Å²) in [6.07, 6.45) is -1.04. The Bertz CT molecular complexity index is 749. The number of methoxy groups -OCH3 is 1. The largest absolute Gasteiger partial charge is 0.495 e. The fourth-order valence-corrected chi connectivity index (χ4v) is 2.11. The van der Waals surface area contributed by atoms with E-state index >= 15 is 0 Å². The zero-order valence-electron chi connectivity index (χ0n) is 13.0. The number of ether oxygens (including phenoxy) is 2. The molecule has 0 radical (unpaired) electrons. The summed E-state index contributed by atoms with van der Waals surface area (Å²) in [6.45, 7) is 1.43. The smallest absolute Gasteiger partial charge is 0.338 e. The van der Waals surface area contributed by atoms with Gasteiger partial charge in [0.15, 0.2) is 6.10 Å². The molecule has 0 aliphatic carbocycles. The van der Waals surface area contributed by atoms with E-state index in [1.165, 1.54) is 32.2 Å². The molecule has 2 aromatic carbocycles. The van der Waals surface area contributed by atoms with Gasteiger partial charge in [-0.1, -0.05) is 11.6 Å². The third kappa shape index (κ3) is 4.45. The average molecular weight is 352 g/mol. The highest BCUT2D eigenvalue weighted by molar-refractivity contribution is 6.32. The van der Waals surface area contributed by atoms with Crippen LogP contribution in [-0.4, -0.2) is 25.1 Å². The third-order valence-corrected chi connectivity index (χ3v) is 3.45. The number of hydrogen-bond donors (Lipinski definition) is 1. The van der Waals surface area contributed by atoms with Crippen molar-refractivity contribution in [3.8, 4) is 5.75 Å². The Morgan fingerprint density at radius 1 is 1.17 bits per heavy atom. The summed E-state index contributed by atoms with van der Waals surface area (Å²) >= 11 is 5.98. The summed E-state index contributed by atoms with van der Waals surface area (Å²) in [5, 5.41) is 2.92. The van der Waals surface area contributed by atoms with Crippen molar-refractivity contribution in [1.29, 1.82) is 0 Å². The Morgan fingerprint density at radius 3 is 2.42 bits per heavy atom. The van der Waals surface area contributed by atoms with Crippen LogP contribution in [0.2, 0.25) is 5.02 Å². The fraction of sp³-hybridized carbons (Fsp3) is 0.176. The predicted molar refractivity (Wildman–Crippen MR) is 87.9 cm³/mol. The molecule has 0 heterocycles. The number of esters is 1. The average Bonchev–Trinajstić information content (AvgIpc) is 2.55. The van der Waals surface area contributed by atoms with Crippen LogP contribution in [0.15, 0.2) is 42.5 Å². The van der Waals surface area contributed by atoms with Gasteiger partial charge in [-0.15, -0.1) is 0 Å². The van der Waals surface area contributed by atoms with Crippen molar-refractivity contribution in [3.05, 3.63) is 58.9 Å². The van der Waals surface area contributed by atoms with E-state index in [4.69, 9.17) is 21.1 Å². The molecule has 0 bridgehead atoms. The van der Waals surface area contributed by atoms with Crippen molar-refractivity contribution < 1.29 is 23.5 Å². The minimum Gasteiger partial charge on any atom is -0.495 e. The van der Waals surface area contributed by atoms with Crippen LogP contribution in [0.3, 0.4) is 0 Å². The van der Waals surface area contributed by atoms with Crippen LogP contribution in [0.1, 0.15) is 17.3 Å². The van der Waals surface area contributed by atoms with E-state index in [9.17, 15) is 14.0 Å². The van der Waals surface area contributed by atoms with Gasteiger partial charge in [0.25, 0.3) is 5.91 Å². The van der Waals surface area contributed by atoms with Gasteiger partial charge in [0.1, 0.15) is 11.6 Å². The molecular weight excluding hydrogens is 337 g/mol. The van der Waals surface area contributed by atoms with E-state index in [2.05, 4.69) is 5.32 Å². The summed E-state index contributed by atoms with van der Waals surface area (Å²) in [5.74, 6) is -1.23. The van der Waals surface area contributed by atoms with E-state index in [1.54, 1.807) is 12.1 Å². The first-order valence-electron chi connectivity index (χ1n) is 7.01. The van der Waals surface area contributed by atoms with Crippen molar-refractivity contribution in [2.45, 2.75) is 13.0 Å². The van der Waals surface area contributed by atoms with Gasteiger partial charge in [0, 0.05) is 5.69 Å². The van der Waals surface area contributed by atoms with E-state index in [1.807, 2.05) is 0 Å². The predicted octanol–water partition coefficient (Wildman–Crippen LogP) is 3.67. The SMILES string of the molecule is COc1ccc(NC(=O)[C@@H](C)OC(=O)c2ccc(F)cc2)cc1Cl. The molecule has 0 fully saturated rings. The molecule has 5 nitrogen and oxygen atoms in total. The van der Waals surface area contributed by atoms with Gasteiger partial charge >= 0.3 is 5.97 Å². The van der Waals surface area contributed by atoms with Crippen LogP contribution in [0.25, 0.3) is 0 Å². The Labute approximate surface area is 143 Å². The standard InChI is InChI=1S/C17H15ClFNO4/c1-10(24-17(22)11-3-5-12(19)6-4-11)16(21)20-13-7-8-15(23-2)14(18)9-13/h3-10H,1-2H3,(H,20,21)/t10-/m1/s1. The maximum absolute atomic E-state index is 12.8. The molecule has 2 rings (SSSR count). The monoisotopic (exact) mass is 351 g/mol. The van der Waals surface area contributed by atoms with Gasteiger partial charge in [-0.25, -0.2) is 9.18 Å². The number of hydrogen-bond acceptors (Lipinski definition) is 4. The number of benzene rings is 2. The molecule has 7 heteroatoms. The van der Waals surface area contributed by atoms with Crippen LogP contribution in [0.4, 0.5) is 10.1 Å². The lowest BCUT2D eigenvalue weighted by Gasteiger charge is -2.14. The fourth-order valence-electron chi connectivity index (χ4n) is 1.86. The first kappa shape index (κ1) is 17.7. The van der Waals surface area contributed by atoms with Crippen molar-refractivity contribution in [3.63, 3.8) is 0 Å². The van der Waals surface area contributed by atoms with E-state index in [0.29, 0.717) is 16.5 Å². The third-order valence-electron chi connectivity index (χ3n) is 3.15. The molecule has 1 atom stereocenters. The second-order valence-electron chi connectivity index (χ2n) is 4.89. The summed E-state index contributed by atoms with van der Waals surface area (Å²) in [4.78, 5) is 24.0. The number of rotatable bonds is 5. The number of amides is 1. The first-order chi connectivity index (χ1) is 11.4. The highest BCUT2D eigenvalue weighted by Crippen LogP contribution is 2.27. The molecule has 0 aromatic heterocycles. The van der Waals surface area contributed by atoms with Crippen molar-refractivity contribution in [1.82, 2.24) is 0 Å². The molecule has 0 aliphatic heterocycles. The Hall–Kier alpha value is -2.60. The van der Waals surface area contributed by atoms with Gasteiger partial charge in [0.2, 0.25) is 0 Å². The Kier molecular flexibility index (Phi) is 5.76. The van der Waals surface area contributed by atoms with Gasteiger partial charge in [-0.05, 0) is 49.4 Å². The summed E-state index contributed by atoms with van der Waals surface area (Å²) in [7, 11) is 1.48. The van der Waals surface area contributed by atoms with Crippen LogP contribution in [0, 0.1) is 5.82 Å². The van der Waals surface area contributed by atoms with Crippen LogP contribution in [0.5, 0.6) is 5.75 Å². The number of anilines is 1. The van der Waals surface area contributed by atoms with Crippen molar-refractivity contribution in [2.75, 3.05) is 12.4 Å². The van der Waals surface area contributed by atoms with Crippen molar-refractivity contribution in [2.24, 2.45) is 0 Å². The zero-order chi connectivity index (χ0) is 17.7. The lowest BCUT2D eigenvalue weighted by atomic mass is 10.2. The second-order valence-corrected chi connectivity index (χ2v) is 5.30. The van der Waals surface area contributed by atoms with Gasteiger partial charge in [-0.3, -0.25) is 4.79 Å². The van der Waals surface area contributed by atoms with E-state index in [-0.39, 0.29) is 5.56 Å². The lowest BCUT2D eigenvalue weighted by Crippen LogP contribution is -2.30. The van der Waals surface area contributed by atoms with Crippen LogP contribution in [-0.2, 0) is 9.53 Å². The summed E-state index contributed by atoms with van der Waals surface area (Å²) in [5.41, 5.74) is 0.596. The Morgan fingerprint density at radius 2 is 1.83 bits per heavy atom. The maximum Gasteiger partial charge on any atom is 0.338 e. The number of halogens is 2. The molecule has 0 aliphatic rings. The highest BCUT2D eigenvalue weighted by atomic mass is 35.5. The molecule has 0 spiro atoms. The van der Waals surface area contributed by atoms with Gasteiger partial charge < -0.3 is 14.8 Å². The van der Waals surface area contributed by atoms with Gasteiger partial charge in [-0.2, -0.15) is 0 Å². The van der Waals surface area contributed by atoms with Crippen LogP contribution < -0.4 is 10.1 Å². The van der Waals surface area contributed by atoms with E-state index in [0.717, 1.165) is 12.1 Å². The molecule has 126 valence electrons. The second kappa shape index (κ2) is 7.79. The Balaban J connectivity index is 1.98. The highest BCUT2D eigenvalue weighted by Gasteiger charge is 2.19. The molecular formula is C17H15ClFNO4. The summed E-state index contributed by atoms with van der Waals surface area (Å²) in [6, 6.07) is 9.58. The first-order valence-corrected chi connectivity index (χ1v) is 7.39. The van der Waals surface area contributed by atoms with E-state index < -0.39 is 23.8 Å². The van der Waals surface area contributed by atoms with Gasteiger partial charge in [0.05, 0.1) is 17.7 Å². The number of carbonyl (C=O) groups excluding carboxylic acids is 2. The topological polar surface area (TPSA) is 64.6 Å². The molecule has 2 aromatic rings. The normalized spacial score (nSPS) is 11.5. The molecule has 0 unspecified atom stereocenters. The molecule has 24 heavy (non-hydrogen) atoms. The molecule has 1 N–H and O–H groups in total. The maximum atomic E-state index is 12.8. The van der Waals surface area contributed by atoms with Crippen molar-refractivity contribution >= 4 is 29.2 Å². The molecule has 0 saturated heterocycles. The minimum absolute atomic E-state index is 0.156. The number of nitrogens with one attached hydrogen (secondary N) is 1. The quantitative estimate of drug-likeness (QED) is 0.835. The molecule has 1 amide bonds. The molecule has 0 saturated carbocycles. The lowest BCUT2D eigenvalue weighted by molar-refractivity contribution is -0.123. The zero-order valence-corrected chi connectivity index (χ0v) is 13.8. The minimum atomic E-state index is -1.04. The summed E-state index contributed by atoms with van der Waals surface area (Å²) < 4.78 is 22.9. The number of carbonyl (C=O) groups is 2. The van der Waals surface area contributed by atoms with Crippen LogP contribution >= 0.6 is 11.6 Å².